The van der Waals surface area contributed by atoms with Crippen LogP contribution >= 0.6 is 0 Å². The molecular formula is C14H21NO3. The second kappa shape index (κ2) is 7.71. The van der Waals surface area contributed by atoms with Crippen molar-refractivity contribution in [1.82, 2.24) is 4.90 Å². The number of benzene rings is 1. The molecule has 0 saturated heterocycles. The Labute approximate surface area is 108 Å². The van der Waals surface area contributed by atoms with Gasteiger partial charge in [0.2, 0.25) is 0 Å². The highest BCUT2D eigenvalue weighted by Crippen LogP contribution is 2.15. The molecule has 0 saturated carbocycles. The second-order valence-corrected chi connectivity index (χ2v) is 3.98. The molecule has 0 fully saturated rings. The Morgan fingerprint density at radius 2 is 2.17 bits per heavy atom. The Kier molecular flexibility index (Phi) is 6.22. The largest absolute Gasteiger partial charge is 0.494 e. The number of hydrogen-bond acceptors (Lipinski definition) is 3. The van der Waals surface area contributed by atoms with Crippen LogP contribution in [0.3, 0.4) is 0 Å². The van der Waals surface area contributed by atoms with Crippen LogP contribution in [-0.4, -0.2) is 42.2 Å². The Morgan fingerprint density at radius 3 is 2.78 bits per heavy atom. The van der Waals surface area contributed by atoms with Gasteiger partial charge in [0.05, 0.1) is 13.2 Å². The van der Waals surface area contributed by atoms with Crippen LogP contribution in [0.1, 0.15) is 30.6 Å². The normalized spacial score (nSPS) is 10.2. The zero-order valence-corrected chi connectivity index (χ0v) is 11.1. The van der Waals surface area contributed by atoms with Crippen LogP contribution in [0, 0.1) is 0 Å². The molecule has 0 aliphatic carbocycles. The Morgan fingerprint density at radius 1 is 1.39 bits per heavy atom. The van der Waals surface area contributed by atoms with E-state index in [1.165, 1.54) is 0 Å². The van der Waals surface area contributed by atoms with Crippen molar-refractivity contribution in [1.29, 1.82) is 0 Å². The number of likely N-dealkylation sites (N-methyl/N-ethyl adjacent to an activating group) is 1. The SMILES string of the molecule is CCCOc1cccc(C(=O)N(CC)CCO)c1. The van der Waals surface area contributed by atoms with E-state index in [2.05, 4.69) is 0 Å². The van der Waals surface area contributed by atoms with E-state index in [4.69, 9.17) is 9.84 Å². The molecule has 18 heavy (non-hydrogen) atoms. The standard InChI is InChI=1S/C14H21NO3/c1-3-10-18-13-7-5-6-12(11-13)14(17)15(4-2)8-9-16/h5-7,11,16H,3-4,8-10H2,1-2H3. The number of nitrogens with zero attached hydrogens (tertiary/aromatic N) is 1. The van der Waals surface area contributed by atoms with Gasteiger partial charge in [-0.05, 0) is 31.5 Å². The molecule has 0 aliphatic rings. The first-order valence-electron chi connectivity index (χ1n) is 6.35. The van der Waals surface area contributed by atoms with E-state index in [1.807, 2.05) is 26.0 Å². The highest BCUT2D eigenvalue weighted by Gasteiger charge is 2.13. The molecule has 1 amide bonds. The molecule has 0 spiro atoms. The highest BCUT2D eigenvalue weighted by atomic mass is 16.5. The van der Waals surface area contributed by atoms with Crippen molar-refractivity contribution in [2.24, 2.45) is 0 Å². The van der Waals surface area contributed by atoms with Crippen LogP contribution in [-0.2, 0) is 0 Å². The zero-order valence-electron chi connectivity index (χ0n) is 11.1. The number of amides is 1. The average molecular weight is 251 g/mol. The molecule has 100 valence electrons. The van der Waals surface area contributed by atoms with Gasteiger partial charge in [0.15, 0.2) is 0 Å². The molecule has 0 unspecified atom stereocenters. The summed E-state index contributed by atoms with van der Waals surface area (Å²) in [5.74, 6) is 0.635. The van der Waals surface area contributed by atoms with Gasteiger partial charge in [-0.15, -0.1) is 0 Å². The minimum absolute atomic E-state index is 0.0222. The maximum atomic E-state index is 12.2. The summed E-state index contributed by atoms with van der Waals surface area (Å²) in [6, 6.07) is 7.17. The Hall–Kier alpha value is -1.55. The molecule has 0 heterocycles. The smallest absolute Gasteiger partial charge is 0.254 e. The summed E-state index contributed by atoms with van der Waals surface area (Å²) in [6.07, 6.45) is 0.934. The number of rotatable bonds is 7. The van der Waals surface area contributed by atoms with Crippen LogP contribution in [0.2, 0.25) is 0 Å². The van der Waals surface area contributed by atoms with E-state index in [1.54, 1.807) is 17.0 Å². The molecule has 1 N–H and O–H groups in total. The second-order valence-electron chi connectivity index (χ2n) is 3.98. The Balaban J connectivity index is 2.78. The van der Waals surface area contributed by atoms with Gasteiger partial charge in [-0.2, -0.15) is 0 Å². The number of aliphatic hydroxyl groups is 1. The molecule has 0 aliphatic heterocycles. The predicted octanol–water partition coefficient (Wildman–Crippen LogP) is 1.93. The number of aliphatic hydroxyl groups excluding tert-OH is 1. The summed E-state index contributed by atoms with van der Waals surface area (Å²) in [5.41, 5.74) is 0.596. The minimum atomic E-state index is -0.0755. The fourth-order valence-corrected chi connectivity index (χ4v) is 1.65. The molecule has 1 aromatic carbocycles. The average Bonchev–Trinajstić information content (AvgIpc) is 2.42. The van der Waals surface area contributed by atoms with Crippen LogP contribution in [0.4, 0.5) is 0 Å². The highest BCUT2D eigenvalue weighted by molar-refractivity contribution is 5.94. The van der Waals surface area contributed by atoms with E-state index in [-0.39, 0.29) is 12.5 Å². The molecule has 0 bridgehead atoms. The molecule has 4 nitrogen and oxygen atoms in total. The first-order chi connectivity index (χ1) is 8.72. The van der Waals surface area contributed by atoms with E-state index >= 15 is 0 Å². The monoisotopic (exact) mass is 251 g/mol. The summed E-state index contributed by atoms with van der Waals surface area (Å²) in [5, 5.41) is 8.92. The molecular weight excluding hydrogens is 230 g/mol. The van der Waals surface area contributed by atoms with E-state index in [0.717, 1.165) is 6.42 Å². The lowest BCUT2D eigenvalue weighted by Crippen LogP contribution is -2.33. The van der Waals surface area contributed by atoms with E-state index in [0.29, 0.717) is 31.0 Å². The van der Waals surface area contributed by atoms with Gasteiger partial charge in [-0.3, -0.25) is 4.79 Å². The van der Waals surface area contributed by atoms with Gasteiger partial charge in [0, 0.05) is 18.7 Å². The van der Waals surface area contributed by atoms with E-state index in [9.17, 15) is 4.79 Å². The quantitative estimate of drug-likeness (QED) is 0.805. The van der Waals surface area contributed by atoms with Crippen LogP contribution in [0.5, 0.6) is 5.75 Å². The molecule has 1 rings (SSSR count). The maximum Gasteiger partial charge on any atom is 0.254 e. The number of ether oxygens (including phenoxy) is 1. The summed E-state index contributed by atoms with van der Waals surface area (Å²) in [4.78, 5) is 13.8. The fourth-order valence-electron chi connectivity index (χ4n) is 1.65. The number of hydrogen-bond donors (Lipinski definition) is 1. The summed E-state index contributed by atoms with van der Waals surface area (Å²) in [6.45, 7) is 5.49. The molecule has 1 aromatic rings. The lowest BCUT2D eigenvalue weighted by Gasteiger charge is -2.19. The van der Waals surface area contributed by atoms with Gasteiger partial charge >= 0.3 is 0 Å². The third kappa shape index (κ3) is 4.04. The molecule has 0 atom stereocenters. The van der Waals surface area contributed by atoms with Crippen molar-refractivity contribution < 1.29 is 14.6 Å². The first kappa shape index (κ1) is 14.5. The molecule has 0 aromatic heterocycles. The lowest BCUT2D eigenvalue weighted by atomic mass is 10.2. The van der Waals surface area contributed by atoms with Crippen molar-refractivity contribution in [2.45, 2.75) is 20.3 Å². The lowest BCUT2D eigenvalue weighted by molar-refractivity contribution is 0.0731. The summed E-state index contributed by atoms with van der Waals surface area (Å²) >= 11 is 0. The molecule has 4 heteroatoms. The van der Waals surface area contributed by atoms with Crippen molar-refractivity contribution in [3.8, 4) is 5.75 Å². The van der Waals surface area contributed by atoms with Gasteiger partial charge in [0.1, 0.15) is 5.75 Å². The Bertz CT molecular complexity index is 379. The summed E-state index contributed by atoms with van der Waals surface area (Å²) in [7, 11) is 0. The maximum absolute atomic E-state index is 12.2. The van der Waals surface area contributed by atoms with Gasteiger partial charge in [0.25, 0.3) is 5.91 Å². The number of carbonyl (C=O) groups is 1. The van der Waals surface area contributed by atoms with E-state index < -0.39 is 0 Å². The molecule has 0 radical (unpaired) electrons. The van der Waals surface area contributed by atoms with Gasteiger partial charge in [-0.1, -0.05) is 13.0 Å². The predicted molar refractivity (Wildman–Crippen MR) is 70.9 cm³/mol. The van der Waals surface area contributed by atoms with Gasteiger partial charge < -0.3 is 14.7 Å². The van der Waals surface area contributed by atoms with Crippen LogP contribution in [0.25, 0.3) is 0 Å². The van der Waals surface area contributed by atoms with Crippen molar-refractivity contribution in [3.05, 3.63) is 29.8 Å². The van der Waals surface area contributed by atoms with Crippen LogP contribution < -0.4 is 4.74 Å². The summed E-state index contributed by atoms with van der Waals surface area (Å²) < 4.78 is 5.50. The fraction of sp³-hybridized carbons (Fsp3) is 0.500. The topological polar surface area (TPSA) is 49.8 Å². The van der Waals surface area contributed by atoms with Crippen molar-refractivity contribution in [3.63, 3.8) is 0 Å². The van der Waals surface area contributed by atoms with Crippen LogP contribution in [0.15, 0.2) is 24.3 Å². The van der Waals surface area contributed by atoms with Gasteiger partial charge in [-0.25, -0.2) is 0 Å². The van der Waals surface area contributed by atoms with Crippen molar-refractivity contribution >= 4 is 5.91 Å². The van der Waals surface area contributed by atoms with Crippen molar-refractivity contribution in [2.75, 3.05) is 26.3 Å². The zero-order chi connectivity index (χ0) is 13.4. The third-order valence-corrected chi connectivity index (χ3v) is 2.59. The third-order valence-electron chi connectivity index (χ3n) is 2.59. The first-order valence-corrected chi connectivity index (χ1v) is 6.35. The minimum Gasteiger partial charge on any atom is -0.494 e. The number of carbonyl (C=O) groups excluding carboxylic acids is 1.